The van der Waals surface area contributed by atoms with Gasteiger partial charge in [0, 0.05) is 23.6 Å². The number of amides is 1. The summed E-state index contributed by atoms with van der Waals surface area (Å²) in [6, 6.07) is 21.3. The Morgan fingerprint density at radius 3 is 2.49 bits per heavy atom. The summed E-state index contributed by atoms with van der Waals surface area (Å²) in [6.45, 7) is 4.14. The van der Waals surface area contributed by atoms with Crippen LogP contribution in [0.2, 0.25) is 5.02 Å². The molecule has 4 rings (SSSR count). The monoisotopic (exact) mass is 519 g/mol. The number of hydrogen-bond donors (Lipinski definition) is 1. The molecule has 0 aliphatic carbocycles. The lowest BCUT2D eigenvalue weighted by Crippen LogP contribution is -2.39. The van der Waals surface area contributed by atoms with Crippen molar-refractivity contribution in [1.82, 2.24) is 4.90 Å². The van der Waals surface area contributed by atoms with Crippen LogP contribution in [0.4, 0.5) is 0 Å². The zero-order valence-electron chi connectivity index (χ0n) is 21.5. The average Bonchev–Trinajstić information content (AvgIpc) is 2.86. The van der Waals surface area contributed by atoms with Gasteiger partial charge in [0.15, 0.2) is 0 Å². The SMILES string of the molecule is CCCCc1ccc(CN(CC(=O)O)C(=O)c2ccc3c(c2)CC[C@@](C)(Cc2cccc(Cl)c2)O3)cc1. The lowest BCUT2D eigenvalue weighted by Gasteiger charge is -2.36. The van der Waals surface area contributed by atoms with Gasteiger partial charge in [-0.1, -0.05) is 61.3 Å². The number of carboxylic acids is 1. The number of carbonyl (C=O) groups excluding carboxylic acids is 1. The van der Waals surface area contributed by atoms with Crippen LogP contribution in [0.3, 0.4) is 0 Å². The van der Waals surface area contributed by atoms with Gasteiger partial charge in [-0.25, -0.2) is 0 Å². The molecule has 0 aromatic heterocycles. The van der Waals surface area contributed by atoms with Crippen molar-refractivity contribution in [1.29, 1.82) is 0 Å². The molecule has 37 heavy (non-hydrogen) atoms. The minimum Gasteiger partial charge on any atom is -0.487 e. The Hall–Kier alpha value is -3.31. The van der Waals surface area contributed by atoms with Crippen LogP contribution in [0, 0.1) is 0 Å². The smallest absolute Gasteiger partial charge is 0.323 e. The standard InChI is InChI=1S/C31H34ClNO4/c1-3-4-6-22-9-11-23(12-10-22)20-33(21-29(34)35)30(36)26-13-14-28-25(18-26)15-16-31(2,37-28)19-24-7-5-8-27(32)17-24/h5,7-14,17-18H,3-4,6,15-16,19-21H2,1-2H3,(H,34,35)/t31-/m0/s1. The number of nitrogens with zero attached hydrogens (tertiary/aromatic N) is 1. The molecule has 6 heteroatoms. The first-order valence-electron chi connectivity index (χ1n) is 12.9. The maximum Gasteiger partial charge on any atom is 0.323 e. The molecule has 0 fully saturated rings. The predicted molar refractivity (Wildman–Crippen MR) is 146 cm³/mol. The molecule has 3 aromatic rings. The summed E-state index contributed by atoms with van der Waals surface area (Å²) in [6.07, 6.45) is 5.58. The molecule has 1 aliphatic rings. The van der Waals surface area contributed by atoms with Crippen LogP contribution in [0.5, 0.6) is 5.75 Å². The van der Waals surface area contributed by atoms with Crippen LogP contribution < -0.4 is 4.74 Å². The second-order valence-corrected chi connectivity index (χ2v) is 10.6. The van der Waals surface area contributed by atoms with E-state index in [2.05, 4.69) is 26.0 Å². The van der Waals surface area contributed by atoms with Crippen molar-refractivity contribution in [2.75, 3.05) is 6.54 Å². The third-order valence-corrected chi connectivity index (χ3v) is 7.12. The summed E-state index contributed by atoms with van der Waals surface area (Å²) >= 11 is 6.16. The Morgan fingerprint density at radius 2 is 1.78 bits per heavy atom. The van der Waals surface area contributed by atoms with E-state index < -0.39 is 5.97 Å². The third kappa shape index (κ3) is 7.14. The zero-order chi connectivity index (χ0) is 26.4. The Bertz CT molecular complexity index is 1260. The molecule has 0 spiro atoms. The minimum atomic E-state index is -1.04. The lowest BCUT2D eigenvalue weighted by atomic mass is 9.87. The largest absolute Gasteiger partial charge is 0.487 e. The van der Waals surface area contributed by atoms with Crippen molar-refractivity contribution in [2.24, 2.45) is 0 Å². The van der Waals surface area contributed by atoms with E-state index >= 15 is 0 Å². The number of rotatable bonds is 10. The number of fused-ring (bicyclic) bond motifs is 1. The van der Waals surface area contributed by atoms with Crippen molar-refractivity contribution in [3.63, 3.8) is 0 Å². The topological polar surface area (TPSA) is 66.8 Å². The number of aliphatic carboxylic acids is 1. The second-order valence-electron chi connectivity index (χ2n) is 10.2. The molecule has 0 unspecified atom stereocenters. The molecule has 194 valence electrons. The quantitative estimate of drug-likeness (QED) is 0.322. The number of carbonyl (C=O) groups is 2. The summed E-state index contributed by atoms with van der Waals surface area (Å²) in [5.41, 5.74) is 4.34. The molecular formula is C31H34ClNO4. The molecule has 1 heterocycles. The molecule has 5 nitrogen and oxygen atoms in total. The predicted octanol–water partition coefficient (Wildman–Crippen LogP) is 6.74. The van der Waals surface area contributed by atoms with Gasteiger partial charge >= 0.3 is 5.97 Å². The van der Waals surface area contributed by atoms with Crippen molar-refractivity contribution >= 4 is 23.5 Å². The van der Waals surface area contributed by atoms with Gasteiger partial charge in [-0.15, -0.1) is 0 Å². The van der Waals surface area contributed by atoms with E-state index in [-0.39, 0.29) is 24.6 Å². The fraction of sp³-hybridized carbons (Fsp3) is 0.355. The van der Waals surface area contributed by atoms with Crippen molar-refractivity contribution in [3.05, 3.63) is 99.6 Å². The van der Waals surface area contributed by atoms with Crippen molar-refractivity contribution < 1.29 is 19.4 Å². The summed E-state index contributed by atoms with van der Waals surface area (Å²) in [5.74, 6) is -0.571. The number of aryl methyl sites for hydroxylation is 2. The van der Waals surface area contributed by atoms with Crippen LogP contribution in [0.15, 0.2) is 66.7 Å². The zero-order valence-corrected chi connectivity index (χ0v) is 22.3. The summed E-state index contributed by atoms with van der Waals surface area (Å²) in [5, 5.41) is 10.2. The molecule has 0 saturated heterocycles. The molecule has 0 bridgehead atoms. The molecule has 0 radical (unpaired) electrons. The van der Waals surface area contributed by atoms with Gasteiger partial charge in [0.05, 0.1) is 0 Å². The highest BCUT2D eigenvalue weighted by Crippen LogP contribution is 2.36. The van der Waals surface area contributed by atoms with E-state index in [0.29, 0.717) is 10.6 Å². The van der Waals surface area contributed by atoms with Gasteiger partial charge in [-0.3, -0.25) is 9.59 Å². The molecule has 0 saturated carbocycles. The Kier molecular flexibility index (Phi) is 8.55. The maximum absolute atomic E-state index is 13.4. The molecule has 1 amide bonds. The summed E-state index contributed by atoms with van der Waals surface area (Å²) in [4.78, 5) is 26.3. The first kappa shape index (κ1) is 26.7. The lowest BCUT2D eigenvalue weighted by molar-refractivity contribution is -0.137. The summed E-state index contributed by atoms with van der Waals surface area (Å²) < 4.78 is 6.40. The van der Waals surface area contributed by atoms with Crippen LogP contribution in [-0.2, 0) is 30.6 Å². The van der Waals surface area contributed by atoms with E-state index in [1.54, 1.807) is 6.07 Å². The van der Waals surface area contributed by atoms with Gasteiger partial charge in [-0.05, 0) is 85.2 Å². The van der Waals surface area contributed by atoms with Gasteiger partial charge in [0.1, 0.15) is 17.9 Å². The van der Waals surface area contributed by atoms with Gasteiger partial charge < -0.3 is 14.7 Å². The number of ether oxygens (including phenoxy) is 1. The second kappa shape index (κ2) is 11.8. The van der Waals surface area contributed by atoms with Gasteiger partial charge in [0.2, 0.25) is 0 Å². The number of halogens is 1. The minimum absolute atomic E-state index is 0.241. The van der Waals surface area contributed by atoms with Crippen molar-refractivity contribution in [2.45, 2.75) is 64.5 Å². The maximum atomic E-state index is 13.4. The van der Waals surface area contributed by atoms with E-state index in [9.17, 15) is 14.7 Å². The van der Waals surface area contributed by atoms with Crippen LogP contribution in [0.1, 0.15) is 65.7 Å². The molecule has 3 aromatic carbocycles. The van der Waals surface area contributed by atoms with Gasteiger partial charge in [0.25, 0.3) is 5.91 Å². The molecule has 1 aliphatic heterocycles. The Morgan fingerprint density at radius 1 is 1.03 bits per heavy atom. The van der Waals surface area contributed by atoms with Gasteiger partial charge in [-0.2, -0.15) is 0 Å². The summed E-state index contributed by atoms with van der Waals surface area (Å²) in [7, 11) is 0. The molecular weight excluding hydrogens is 486 g/mol. The number of benzene rings is 3. The normalized spacial score (nSPS) is 16.5. The number of unbranched alkanes of at least 4 members (excludes halogenated alkanes) is 1. The van der Waals surface area contributed by atoms with Crippen LogP contribution >= 0.6 is 11.6 Å². The van der Waals surface area contributed by atoms with E-state index in [1.807, 2.05) is 48.5 Å². The highest BCUT2D eigenvalue weighted by atomic mass is 35.5. The highest BCUT2D eigenvalue weighted by molar-refractivity contribution is 6.30. The average molecular weight is 520 g/mol. The number of carboxylic acid groups (broad SMARTS) is 1. The Labute approximate surface area is 224 Å². The molecule has 1 N–H and O–H groups in total. The van der Waals surface area contributed by atoms with E-state index in [4.69, 9.17) is 16.3 Å². The fourth-order valence-electron chi connectivity index (χ4n) is 4.88. The van der Waals surface area contributed by atoms with Crippen LogP contribution in [0.25, 0.3) is 0 Å². The Balaban J connectivity index is 1.47. The third-order valence-electron chi connectivity index (χ3n) is 6.88. The van der Waals surface area contributed by atoms with Crippen molar-refractivity contribution in [3.8, 4) is 5.75 Å². The molecule has 1 atom stereocenters. The van der Waals surface area contributed by atoms with Crippen LogP contribution in [-0.4, -0.2) is 34.0 Å². The van der Waals surface area contributed by atoms with E-state index in [1.165, 1.54) is 10.5 Å². The van der Waals surface area contributed by atoms with E-state index in [0.717, 1.165) is 61.0 Å². The first-order valence-corrected chi connectivity index (χ1v) is 13.3. The number of hydrogen-bond acceptors (Lipinski definition) is 3. The first-order chi connectivity index (χ1) is 17.7. The fourth-order valence-corrected chi connectivity index (χ4v) is 5.10. The highest BCUT2D eigenvalue weighted by Gasteiger charge is 2.32.